The second-order valence-corrected chi connectivity index (χ2v) is 7.37. The molecular weight excluding hydrogens is 252 g/mol. The van der Waals surface area contributed by atoms with Gasteiger partial charge < -0.3 is 4.90 Å². The van der Waals surface area contributed by atoms with E-state index in [-0.39, 0.29) is 23.1 Å². The van der Waals surface area contributed by atoms with E-state index in [2.05, 4.69) is 37.9 Å². The molecule has 2 fully saturated rings. The van der Waals surface area contributed by atoms with Crippen molar-refractivity contribution in [3.8, 4) is 0 Å². The van der Waals surface area contributed by atoms with E-state index in [0.29, 0.717) is 18.3 Å². The van der Waals surface area contributed by atoms with Gasteiger partial charge in [0.05, 0.1) is 0 Å². The summed E-state index contributed by atoms with van der Waals surface area (Å²) in [6.07, 6.45) is 2.47. The summed E-state index contributed by atoms with van der Waals surface area (Å²) in [6, 6.07) is 0. The lowest BCUT2D eigenvalue weighted by Gasteiger charge is -2.49. The summed E-state index contributed by atoms with van der Waals surface area (Å²) in [6.45, 7) is 11.8. The highest BCUT2D eigenvalue weighted by atomic mass is 16.2. The normalized spacial score (nSPS) is 27.4. The van der Waals surface area contributed by atoms with Crippen LogP contribution in [0.25, 0.3) is 0 Å². The highest BCUT2D eigenvalue weighted by molar-refractivity contribution is 5.99. The number of amides is 2. The average Bonchev–Trinajstić information content (AvgIpc) is 2.30. The summed E-state index contributed by atoms with van der Waals surface area (Å²) < 4.78 is 0. The fraction of sp³-hybridized carbons (Fsp3) is 0.875. The number of nitrogens with zero attached hydrogens (tertiary/aromatic N) is 1. The number of piperidine rings is 2. The van der Waals surface area contributed by atoms with Gasteiger partial charge in [-0.05, 0) is 43.2 Å². The first-order valence-electron chi connectivity index (χ1n) is 7.90. The van der Waals surface area contributed by atoms with Gasteiger partial charge in [-0.3, -0.25) is 14.9 Å². The Balaban J connectivity index is 2.12. The highest BCUT2D eigenvalue weighted by Crippen LogP contribution is 2.47. The highest BCUT2D eigenvalue weighted by Gasteiger charge is 2.50. The van der Waals surface area contributed by atoms with E-state index in [1.807, 2.05) is 0 Å². The van der Waals surface area contributed by atoms with Gasteiger partial charge in [0, 0.05) is 18.9 Å². The Labute approximate surface area is 122 Å². The van der Waals surface area contributed by atoms with Gasteiger partial charge in [-0.25, -0.2) is 0 Å². The third-order valence-corrected chi connectivity index (χ3v) is 4.86. The first kappa shape index (κ1) is 15.5. The molecule has 0 bridgehead atoms. The minimum Gasteiger partial charge on any atom is -0.303 e. The molecule has 20 heavy (non-hydrogen) atoms. The standard InChI is InChI=1S/C16H28N2O2/c1-11(2)10-18-7-5-16(6-8-18)9-13(19)17-15(20)14(16)12(3)4/h11-12,14H,5-10H2,1-4H3,(H,17,19,20). The summed E-state index contributed by atoms with van der Waals surface area (Å²) in [5, 5.41) is 2.53. The molecule has 2 aliphatic rings. The molecule has 4 heteroatoms. The molecule has 4 nitrogen and oxygen atoms in total. The smallest absolute Gasteiger partial charge is 0.230 e. The van der Waals surface area contributed by atoms with Crippen molar-refractivity contribution in [1.29, 1.82) is 0 Å². The number of likely N-dealkylation sites (tertiary alicyclic amines) is 1. The molecule has 0 aliphatic carbocycles. The molecule has 1 spiro atoms. The van der Waals surface area contributed by atoms with E-state index in [9.17, 15) is 9.59 Å². The van der Waals surface area contributed by atoms with Gasteiger partial charge in [-0.2, -0.15) is 0 Å². The monoisotopic (exact) mass is 280 g/mol. The fourth-order valence-corrected chi connectivity index (χ4v) is 4.16. The first-order chi connectivity index (χ1) is 9.34. The van der Waals surface area contributed by atoms with Crippen LogP contribution in [-0.2, 0) is 9.59 Å². The van der Waals surface area contributed by atoms with Crippen LogP contribution in [0.15, 0.2) is 0 Å². The predicted molar refractivity (Wildman–Crippen MR) is 79.0 cm³/mol. The molecule has 0 saturated carbocycles. The molecular formula is C16H28N2O2. The van der Waals surface area contributed by atoms with Gasteiger partial charge in [-0.1, -0.05) is 27.7 Å². The molecule has 0 radical (unpaired) electrons. The van der Waals surface area contributed by atoms with Gasteiger partial charge in [-0.15, -0.1) is 0 Å². The molecule has 0 aromatic heterocycles. The third kappa shape index (κ3) is 3.05. The number of carbonyl (C=O) groups excluding carboxylic acids is 2. The Morgan fingerprint density at radius 3 is 2.30 bits per heavy atom. The number of hydrogen-bond acceptors (Lipinski definition) is 3. The summed E-state index contributed by atoms with van der Waals surface area (Å²) in [7, 11) is 0. The van der Waals surface area contributed by atoms with Crippen molar-refractivity contribution < 1.29 is 9.59 Å². The Bertz CT molecular complexity index is 382. The predicted octanol–water partition coefficient (Wildman–Crippen LogP) is 2.04. The summed E-state index contributed by atoms with van der Waals surface area (Å²) in [5.74, 6) is 0.820. The quantitative estimate of drug-likeness (QED) is 0.805. The van der Waals surface area contributed by atoms with Gasteiger partial charge in [0.25, 0.3) is 0 Å². The molecule has 114 valence electrons. The Morgan fingerprint density at radius 2 is 1.80 bits per heavy atom. The molecule has 2 rings (SSSR count). The van der Waals surface area contributed by atoms with Crippen LogP contribution in [0, 0.1) is 23.2 Å². The zero-order valence-corrected chi connectivity index (χ0v) is 13.2. The molecule has 1 unspecified atom stereocenters. The molecule has 0 aromatic carbocycles. The Hall–Kier alpha value is -0.900. The minimum atomic E-state index is -0.0962. The molecule has 0 aromatic rings. The van der Waals surface area contributed by atoms with Crippen LogP contribution in [-0.4, -0.2) is 36.3 Å². The van der Waals surface area contributed by atoms with Crippen LogP contribution in [0.4, 0.5) is 0 Å². The first-order valence-corrected chi connectivity index (χ1v) is 7.90. The summed E-state index contributed by atoms with van der Waals surface area (Å²) in [5.41, 5.74) is -0.0962. The second kappa shape index (κ2) is 5.84. The summed E-state index contributed by atoms with van der Waals surface area (Å²) >= 11 is 0. The molecule has 1 atom stereocenters. The van der Waals surface area contributed by atoms with Gasteiger partial charge in [0.2, 0.25) is 11.8 Å². The van der Waals surface area contributed by atoms with Gasteiger partial charge >= 0.3 is 0 Å². The second-order valence-electron chi connectivity index (χ2n) is 7.37. The SMILES string of the molecule is CC(C)CN1CCC2(CC1)CC(=O)NC(=O)C2C(C)C. The largest absolute Gasteiger partial charge is 0.303 e. The molecule has 2 saturated heterocycles. The van der Waals surface area contributed by atoms with Crippen LogP contribution < -0.4 is 5.32 Å². The number of imide groups is 1. The van der Waals surface area contributed by atoms with E-state index >= 15 is 0 Å². The lowest BCUT2D eigenvalue weighted by molar-refractivity contribution is -0.148. The number of nitrogens with one attached hydrogen (secondary N) is 1. The minimum absolute atomic E-state index is 0.0126. The van der Waals surface area contributed by atoms with Crippen molar-refractivity contribution in [2.24, 2.45) is 23.2 Å². The maximum atomic E-state index is 12.2. The maximum Gasteiger partial charge on any atom is 0.230 e. The lowest BCUT2D eigenvalue weighted by atomic mass is 9.61. The van der Waals surface area contributed by atoms with Crippen molar-refractivity contribution in [2.45, 2.75) is 47.0 Å². The van der Waals surface area contributed by atoms with Crippen LogP contribution in [0.2, 0.25) is 0 Å². The average molecular weight is 280 g/mol. The Morgan fingerprint density at radius 1 is 1.20 bits per heavy atom. The van der Waals surface area contributed by atoms with Crippen LogP contribution in [0.1, 0.15) is 47.0 Å². The van der Waals surface area contributed by atoms with E-state index in [1.54, 1.807) is 0 Å². The number of rotatable bonds is 3. The van der Waals surface area contributed by atoms with Crippen molar-refractivity contribution in [1.82, 2.24) is 10.2 Å². The van der Waals surface area contributed by atoms with Crippen LogP contribution in [0.5, 0.6) is 0 Å². The topological polar surface area (TPSA) is 49.4 Å². The maximum absolute atomic E-state index is 12.2. The number of hydrogen-bond donors (Lipinski definition) is 1. The van der Waals surface area contributed by atoms with Crippen molar-refractivity contribution in [2.75, 3.05) is 19.6 Å². The zero-order chi connectivity index (χ0) is 14.9. The molecule has 2 amide bonds. The van der Waals surface area contributed by atoms with Crippen LogP contribution >= 0.6 is 0 Å². The van der Waals surface area contributed by atoms with Gasteiger partial charge in [0.15, 0.2) is 0 Å². The number of carbonyl (C=O) groups is 2. The van der Waals surface area contributed by atoms with E-state index in [1.165, 1.54) is 0 Å². The van der Waals surface area contributed by atoms with E-state index in [4.69, 9.17) is 0 Å². The Kier molecular flexibility index (Phi) is 4.52. The molecule has 2 heterocycles. The van der Waals surface area contributed by atoms with Crippen LogP contribution in [0.3, 0.4) is 0 Å². The van der Waals surface area contributed by atoms with Crippen molar-refractivity contribution >= 4 is 11.8 Å². The van der Waals surface area contributed by atoms with Crippen molar-refractivity contribution in [3.05, 3.63) is 0 Å². The molecule has 2 aliphatic heterocycles. The third-order valence-electron chi connectivity index (χ3n) is 4.86. The van der Waals surface area contributed by atoms with E-state index < -0.39 is 0 Å². The van der Waals surface area contributed by atoms with Gasteiger partial charge in [0.1, 0.15) is 0 Å². The molecule has 1 N–H and O–H groups in total. The van der Waals surface area contributed by atoms with E-state index in [0.717, 1.165) is 32.5 Å². The fourth-order valence-electron chi connectivity index (χ4n) is 4.16. The zero-order valence-electron chi connectivity index (χ0n) is 13.2. The van der Waals surface area contributed by atoms with Crippen molar-refractivity contribution in [3.63, 3.8) is 0 Å². The lowest BCUT2D eigenvalue weighted by Crippen LogP contribution is -2.57. The summed E-state index contributed by atoms with van der Waals surface area (Å²) in [4.78, 5) is 26.5.